The van der Waals surface area contributed by atoms with E-state index in [4.69, 9.17) is 24.7 Å². The van der Waals surface area contributed by atoms with Crippen LogP contribution in [-0.4, -0.2) is 62.9 Å². The molecule has 32 heavy (non-hydrogen) atoms. The number of ether oxygens (including phenoxy) is 4. The van der Waals surface area contributed by atoms with Crippen LogP contribution in [0, 0.1) is 0 Å². The van der Waals surface area contributed by atoms with Crippen LogP contribution >= 0.6 is 0 Å². The van der Waals surface area contributed by atoms with Gasteiger partial charge in [0.05, 0.1) is 32.5 Å². The topological polar surface area (TPSA) is 95.3 Å². The molecule has 3 N–H and O–H groups in total. The standard InChI is InChI=1S/C24H31N3O5/c1-15-12-27-13-17(10-18(27)14-31-15)26-24(28)16-7-8-22(30-3)23(9-16)32-21-6-4-5-20(29-2)19(21)11-25/h4-9,15,17-18H,10-14,25H2,1-3H3,(H,26,28)/t15-,17-,18-/m0/s1. The van der Waals surface area contributed by atoms with E-state index in [9.17, 15) is 4.79 Å². The van der Waals surface area contributed by atoms with E-state index in [-0.39, 0.29) is 24.6 Å². The van der Waals surface area contributed by atoms with Crippen LogP contribution < -0.4 is 25.3 Å². The molecule has 0 bridgehead atoms. The minimum Gasteiger partial charge on any atom is -0.496 e. The Morgan fingerprint density at radius 2 is 1.91 bits per heavy atom. The van der Waals surface area contributed by atoms with Gasteiger partial charge in [-0.25, -0.2) is 0 Å². The smallest absolute Gasteiger partial charge is 0.251 e. The Labute approximate surface area is 188 Å². The number of morpholine rings is 1. The van der Waals surface area contributed by atoms with Gasteiger partial charge in [0.1, 0.15) is 11.5 Å². The summed E-state index contributed by atoms with van der Waals surface area (Å²) in [5, 5.41) is 3.16. The molecule has 2 heterocycles. The van der Waals surface area contributed by atoms with Gasteiger partial charge in [-0.3, -0.25) is 9.69 Å². The summed E-state index contributed by atoms with van der Waals surface area (Å²) < 4.78 is 22.7. The third-order valence-corrected chi connectivity index (χ3v) is 6.09. The predicted molar refractivity (Wildman–Crippen MR) is 121 cm³/mol. The Morgan fingerprint density at radius 1 is 1.12 bits per heavy atom. The number of amides is 1. The second kappa shape index (κ2) is 9.77. The molecule has 2 saturated heterocycles. The number of methoxy groups -OCH3 is 2. The number of nitrogens with zero attached hydrogens (tertiary/aromatic N) is 1. The van der Waals surface area contributed by atoms with Gasteiger partial charge in [0, 0.05) is 37.3 Å². The number of rotatable bonds is 7. The SMILES string of the molecule is COc1ccc(C(=O)N[C@H]2C[C@H]3CO[C@@H](C)CN3C2)cc1Oc1cccc(OC)c1CN. The van der Waals surface area contributed by atoms with E-state index in [2.05, 4.69) is 17.1 Å². The van der Waals surface area contributed by atoms with Crippen LogP contribution in [0.25, 0.3) is 0 Å². The van der Waals surface area contributed by atoms with Gasteiger partial charge in [-0.15, -0.1) is 0 Å². The summed E-state index contributed by atoms with van der Waals surface area (Å²) in [6, 6.07) is 11.1. The van der Waals surface area contributed by atoms with Crippen LogP contribution in [0.15, 0.2) is 36.4 Å². The molecule has 0 spiro atoms. The van der Waals surface area contributed by atoms with Crippen molar-refractivity contribution in [1.82, 2.24) is 10.2 Å². The average Bonchev–Trinajstić information content (AvgIpc) is 3.19. The van der Waals surface area contributed by atoms with E-state index in [1.54, 1.807) is 32.4 Å². The first kappa shape index (κ1) is 22.4. The average molecular weight is 442 g/mol. The number of hydrogen-bond acceptors (Lipinski definition) is 7. The van der Waals surface area contributed by atoms with Crippen molar-refractivity contribution >= 4 is 5.91 Å². The van der Waals surface area contributed by atoms with Crippen molar-refractivity contribution in [2.24, 2.45) is 5.73 Å². The molecule has 0 saturated carbocycles. The van der Waals surface area contributed by atoms with Crippen molar-refractivity contribution in [1.29, 1.82) is 0 Å². The number of benzene rings is 2. The molecule has 3 atom stereocenters. The van der Waals surface area contributed by atoms with Crippen molar-refractivity contribution < 1.29 is 23.7 Å². The highest BCUT2D eigenvalue weighted by atomic mass is 16.5. The quantitative estimate of drug-likeness (QED) is 0.682. The molecule has 172 valence electrons. The van der Waals surface area contributed by atoms with Crippen LogP contribution in [-0.2, 0) is 11.3 Å². The number of nitrogens with one attached hydrogen (secondary N) is 1. The maximum absolute atomic E-state index is 13.0. The minimum atomic E-state index is -0.138. The predicted octanol–water partition coefficient (Wildman–Crippen LogP) is 2.55. The lowest BCUT2D eigenvalue weighted by Gasteiger charge is -2.33. The normalized spacial score (nSPS) is 22.8. The molecular weight excluding hydrogens is 410 g/mol. The van der Waals surface area contributed by atoms with E-state index in [1.807, 2.05) is 18.2 Å². The van der Waals surface area contributed by atoms with Crippen LogP contribution in [0.2, 0.25) is 0 Å². The van der Waals surface area contributed by atoms with Crippen molar-refractivity contribution in [3.8, 4) is 23.0 Å². The first-order valence-corrected chi connectivity index (χ1v) is 10.9. The third kappa shape index (κ3) is 4.67. The highest BCUT2D eigenvalue weighted by Gasteiger charge is 2.36. The number of fused-ring (bicyclic) bond motifs is 1. The summed E-state index contributed by atoms with van der Waals surface area (Å²) in [6.45, 7) is 4.80. The Bertz CT molecular complexity index is 967. The van der Waals surface area contributed by atoms with Gasteiger partial charge >= 0.3 is 0 Å². The molecule has 2 aliphatic rings. The lowest BCUT2D eigenvalue weighted by Crippen LogP contribution is -2.45. The highest BCUT2D eigenvalue weighted by Crippen LogP contribution is 2.36. The van der Waals surface area contributed by atoms with E-state index >= 15 is 0 Å². The molecule has 0 unspecified atom stereocenters. The first-order valence-electron chi connectivity index (χ1n) is 10.9. The lowest BCUT2D eigenvalue weighted by atomic mass is 10.1. The highest BCUT2D eigenvalue weighted by molar-refractivity contribution is 5.95. The molecule has 4 rings (SSSR count). The van der Waals surface area contributed by atoms with Gasteiger partial charge in [0.2, 0.25) is 0 Å². The van der Waals surface area contributed by atoms with E-state index in [1.165, 1.54) is 0 Å². The van der Waals surface area contributed by atoms with Gasteiger partial charge in [-0.1, -0.05) is 6.07 Å². The molecule has 8 heteroatoms. The van der Waals surface area contributed by atoms with Gasteiger partial charge in [0.25, 0.3) is 5.91 Å². The number of nitrogens with two attached hydrogens (primary N) is 1. The lowest BCUT2D eigenvalue weighted by molar-refractivity contribution is -0.0390. The zero-order valence-electron chi connectivity index (χ0n) is 18.8. The summed E-state index contributed by atoms with van der Waals surface area (Å²) in [5.74, 6) is 2.03. The summed E-state index contributed by atoms with van der Waals surface area (Å²) in [6.07, 6.45) is 1.12. The number of carbonyl (C=O) groups is 1. The minimum absolute atomic E-state index is 0.0927. The van der Waals surface area contributed by atoms with Crippen molar-refractivity contribution in [2.75, 3.05) is 33.9 Å². The van der Waals surface area contributed by atoms with Crippen LogP contribution in [0.4, 0.5) is 0 Å². The maximum atomic E-state index is 13.0. The molecule has 2 aromatic carbocycles. The first-order chi connectivity index (χ1) is 15.5. The van der Waals surface area contributed by atoms with Crippen LogP contribution in [0.1, 0.15) is 29.3 Å². The maximum Gasteiger partial charge on any atom is 0.251 e. The Hall–Kier alpha value is -2.81. The molecule has 8 nitrogen and oxygen atoms in total. The molecule has 2 aliphatic heterocycles. The molecule has 1 amide bonds. The fourth-order valence-electron chi connectivity index (χ4n) is 4.46. The molecule has 2 fully saturated rings. The fraction of sp³-hybridized carbons (Fsp3) is 0.458. The molecule has 2 aromatic rings. The summed E-state index contributed by atoms with van der Waals surface area (Å²) >= 11 is 0. The van der Waals surface area contributed by atoms with E-state index in [0.717, 1.165) is 31.7 Å². The summed E-state index contributed by atoms with van der Waals surface area (Å²) in [4.78, 5) is 15.4. The van der Waals surface area contributed by atoms with Crippen molar-refractivity contribution in [2.45, 2.75) is 38.1 Å². The van der Waals surface area contributed by atoms with Crippen LogP contribution in [0.5, 0.6) is 23.0 Å². The number of carbonyl (C=O) groups excluding carboxylic acids is 1. The Kier molecular flexibility index (Phi) is 6.83. The van der Waals surface area contributed by atoms with Crippen LogP contribution in [0.3, 0.4) is 0 Å². The van der Waals surface area contributed by atoms with E-state index < -0.39 is 0 Å². The van der Waals surface area contributed by atoms with E-state index in [0.29, 0.717) is 34.6 Å². The third-order valence-electron chi connectivity index (χ3n) is 6.09. The van der Waals surface area contributed by atoms with Gasteiger partial charge in [-0.05, 0) is 43.7 Å². The molecule has 0 aromatic heterocycles. The summed E-state index contributed by atoms with van der Waals surface area (Å²) in [7, 11) is 3.15. The van der Waals surface area contributed by atoms with Gasteiger partial charge < -0.3 is 30.0 Å². The second-order valence-corrected chi connectivity index (χ2v) is 8.27. The number of hydrogen-bond donors (Lipinski definition) is 2. The van der Waals surface area contributed by atoms with Gasteiger partial charge in [-0.2, -0.15) is 0 Å². The fourth-order valence-corrected chi connectivity index (χ4v) is 4.46. The largest absolute Gasteiger partial charge is 0.496 e. The zero-order valence-corrected chi connectivity index (χ0v) is 18.8. The zero-order chi connectivity index (χ0) is 22.7. The van der Waals surface area contributed by atoms with Crippen molar-refractivity contribution in [3.63, 3.8) is 0 Å². The second-order valence-electron chi connectivity index (χ2n) is 8.27. The van der Waals surface area contributed by atoms with Gasteiger partial charge in [0.15, 0.2) is 11.5 Å². The Balaban J connectivity index is 1.50. The van der Waals surface area contributed by atoms with Crippen molar-refractivity contribution in [3.05, 3.63) is 47.5 Å². The molecule has 0 aliphatic carbocycles. The summed E-state index contributed by atoms with van der Waals surface area (Å²) in [5.41, 5.74) is 7.16. The molecule has 0 radical (unpaired) electrons. The molecular formula is C24H31N3O5. The Morgan fingerprint density at radius 3 is 2.66 bits per heavy atom. The monoisotopic (exact) mass is 441 g/mol.